The zero-order chi connectivity index (χ0) is 18.7. The van der Waals surface area contributed by atoms with Gasteiger partial charge in [-0.1, -0.05) is 78.9 Å². The van der Waals surface area contributed by atoms with Crippen LogP contribution in [0.4, 0.5) is 0 Å². The van der Waals surface area contributed by atoms with Crippen LogP contribution < -0.4 is 4.72 Å². The summed E-state index contributed by atoms with van der Waals surface area (Å²) in [5.74, 6) is -0.0634. The van der Waals surface area contributed by atoms with E-state index in [1.165, 1.54) is 0 Å². The molecule has 1 aromatic heterocycles. The minimum atomic E-state index is -3.64. The number of hydrogen-bond donors (Lipinski definition) is 2. The summed E-state index contributed by atoms with van der Waals surface area (Å²) in [7, 11) is -3.64. The van der Waals surface area contributed by atoms with Crippen LogP contribution in [0.25, 0.3) is 10.9 Å². The Bertz CT molecular complexity index is 1060. The number of fused-ring (bicyclic) bond motifs is 1. The molecule has 3 aromatic carbocycles. The molecule has 0 aliphatic heterocycles. The van der Waals surface area contributed by atoms with Crippen molar-refractivity contribution < 1.29 is 8.42 Å². The molecule has 0 amide bonds. The van der Waals surface area contributed by atoms with Crippen molar-refractivity contribution in [3.05, 3.63) is 102 Å². The number of aromatic nitrogens is 1. The second-order valence-corrected chi connectivity index (χ2v) is 8.18. The van der Waals surface area contributed by atoms with Crippen LogP contribution in [0.15, 0.2) is 96.0 Å². The van der Waals surface area contributed by atoms with Gasteiger partial charge in [0.1, 0.15) is 5.03 Å². The summed E-state index contributed by atoms with van der Waals surface area (Å²) in [6.07, 6.45) is 0. The molecule has 0 fully saturated rings. The maximum atomic E-state index is 12.8. The van der Waals surface area contributed by atoms with E-state index in [1.54, 1.807) is 6.07 Å². The average Bonchev–Trinajstić information content (AvgIpc) is 3.15. The van der Waals surface area contributed by atoms with Crippen LogP contribution in [0.5, 0.6) is 0 Å². The first kappa shape index (κ1) is 17.5. The van der Waals surface area contributed by atoms with Crippen LogP contribution in [-0.2, 0) is 10.0 Å². The monoisotopic (exact) mass is 376 g/mol. The summed E-state index contributed by atoms with van der Waals surface area (Å²) >= 11 is 0. The highest BCUT2D eigenvalue weighted by Crippen LogP contribution is 2.25. The molecule has 0 saturated carbocycles. The Hall–Kier alpha value is -2.89. The van der Waals surface area contributed by atoms with Crippen molar-refractivity contribution in [2.24, 2.45) is 0 Å². The molecule has 27 heavy (non-hydrogen) atoms. The van der Waals surface area contributed by atoms with Crippen LogP contribution in [0.3, 0.4) is 0 Å². The zero-order valence-corrected chi connectivity index (χ0v) is 15.5. The van der Waals surface area contributed by atoms with Crippen molar-refractivity contribution in [3.8, 4) is 0 Å². The van der Waals surface area contributed by atoms with Crippen molar-refractivity contribution in [1.82, 2.24) is 9.71 Å². The molecule has 4 rings (SSSR count). The standard InChI is InChI=1S/C22H20N2O2S/c25-27(26,22-15-19-13-7-8-14-21(19)24-22)23-16-20(17-9-3-1-4-10-17)18-11-5-2-6-12-18/h1-15,20,23-24H,16H2. The lowest BCUT2D eigenvalue weighted by molar-refractivity contribution is 0.574. The van der Waals surface area contributed by atoms with Crippen molar-refractivity contribution in [3.63, 3.8) is 0 Å². The fourth-order valence-electron chi connectivity index (χ4n) is 3.26. The van der Waals surface area contributed by atoms with E-state index >= 15 is 0 Å². The van der Waals surface area contributed by atoms with E-state index in [2.05, 4.69) is 9.71 Å². The van der Waals surface area contributed by atoms with Gasteiger partial charge < -0.3 is 4.98 Å². The molecule has 1 heterocycles. The highest BCUT2D eigenvalue weighted by atomic mass is 32.2. The lowest BCUT2D eigenvalue weighted by Crippen LogP contribution is -2.29. The van der Waals surface area contributed by atoms with Crippen molar-refractivity contribution in [2.75, 3.05) is 6.54 Å². The number of H-pyrrole nitrogens is 1. The van der Waals surface area contributed by atoms with Crippen LogP contribution in [0, 0.1) is 0 Å². The Morgan fingerprint density at radius 1 is 0.778 bits per heavy atom. The van der Waals surface area contributed by atoms with E-state index in [9.17, 15) is 8.42 Å². The topological polar surface area (TPSA) is 62.0 Å². The Kier molecular flexibility index (Phi) is 4.79. The van der Waals surface area contributed by atoms with Gasteiger partial charge >= 0.3 is 0 Å². The summed E-state index contributed by atoms with van der Waals surface area (Å²) in [5, 5.41) is 1.06. The summed E-state index contributed by atoms with van der Waals surface area (Å²) < 4.78 is 28.4. The predicted octanol–water partition coefficient (Wildman–Crippen LogP) is 4.28. The molecule has 0 saturated heterocycles. The molecule has 0 atom stereocenters. The Labute approximate surface area is 158 Å². The summed E-state index contributed by atoms with van der Waals surface area (Å²) in [6, 6.07) is 29.1. The number of aromatic amines is 1. The molecule has 2 N–H and O–H groups in total. The van der Waals surface area contributed by atoms with Gasteiger partial charge in [0.05, 0.1) is 0 Å². The summed E-state index contributed by atoms with van der Waals surface area (Å²) in [6.45, 7) is 0.283. The lowest BCUT2D eigenvalue weighted by Gasteiger charge is -2.18. The first-order valence-electron chi connectivity index (χ1n) is 8.81. The quantitative estimate of drug-likeness (QED) is 0.528. The molecular weight excluding hydrogens is 356 g/mol. The number of benzene rings is 3. The molecule has 0 aliphatic rings. The van der Waals surface area contributed by atoms with Crippen LogP contribution in [0.2, 0.25) is 0 Å². The molecule has 0 aliphatic carbocycles. The van der Waals surface area contributed by atoms with Crippen molar-refractivity contribution >= 4 is 20.9 Å². The van der Waals surface area contributed by atoms with Gasteiger partial charge in [-0.2, -0.15) is 0 Å². The fraction of sp³-hybridized carbons (Fsp3) is 0.0909. The third-order valence-corrected chi connectivity index (χ3v) is 6.02. The normalized spacial score (nSPS) is 11.9. The smallest absolute Gasteiger partial charge is 0.256 e. The first-order valence-corrected chi connectivity index (χ1v) is 10.3. The number of rotatable bonds is 6. The molecule has 0 bridgehead atoms. The van der Waals surface area contributed by atoms with Crippen molar-refractivity contribution in [2.45, 2.75) is 10.9 Å². The van der Waals surface area contributed by atoms with E-state index < -0.39 is 10.0 Å². The number of nitrogens with one attached hydrogen (secondary N) is 2. The predicted molar refractivity (Wildman–Crippen MR) is 108 cm³/mol. The highest BCUT2D eigenvalue weighted by Gasteiger charge is 2.21. The first-order chi connectivity index (χ1) is 13.1. The van der Waals surface area contributed by atoms with Gasteiger partial charge in [-0.25, -0.2) is 13.1 Å². The SMILES string of the molecule is O=S(=O)(NCC(c1ccccc1)c1ccccc1)c1cc2ccccc2[nH]1. The Morgan fingerprint density at radius 2 is 1.33 bits per heavy atom. The largest absolute Gasteiger partial charge is 0.345 e. The molecule has 136 valence electrons. The van der Waals surface area contributed by atoms with Gasteiger partial charge in [-0.15, -0.1) is 0 Å². The minimum Gasteiger partial charge on any atom is -0.345 e. The third-order valence-electron chi connectivity index (χ3n) is 4.68. The van der Waals surface area contributed by atoms with Crippen LogP contribution >= 0.6 is 0 Å². The van der Waals surface area contributed by atoms with Gasteiger partial charge in [0.15, 0.2) is 0 Å². The molecule has 4 nitrogen and oxygen atoms in total. The van der Waals surface area contributed by atoms with E-state index in [-0.39, 0.29) is 17.5 Å². The summed E-state index contributed by atoms with van der Waals surface area (Å²) in [4.78, 5) is 2.99. The highest BCUT2D eigenvalue weighted by molar-refractivity contribution is 7.89. The van der Waals surface area contributed by atoms with E-state index in [0.29, 0.717) is 0 Å². The zero-order valence-electron chi connectivity index (χ0n) is 14.7. The minimum absolute atomic E-state index is 0.0634. The summed E-state index contributed by atoms with van der Waals surface area (Å²) in [5.41, 5.74) is 2.95. The molecular formula is C22H20N2O2S. The number of hydrogen-bond acceptors (Lipinski definition) is 2. The Morgan fingerprint density at radius 3 is 1.93 bits per heavy atom. The molecule has 0 spiro atoms. The van der Waals surface area contributed by atoms with E-state index in [4.69, 9.17) is 0 Å². The second-order valence-electron chi connectivity index (χ2n) is 6.45. The number of sulfonamides is 1. The van der Waals surface area contributed by atoms with Crippen LogP contribution in [0.1, 0.15) is 17.0 Å². The molecule has 4 aromatic rings. The Balaban J connectivity index is 1.62. The van der Waals surface area contributed by atoms with Gasteiger partial charge in [0.2, 0.25) is 0 Å². The van der Waals surface area contributed by atoms with E-state index in [0.717, 1.165) is 22.0 Å². The third kappa shape index (κ3) is 3.79. The molecule has 0 unspecified atom stereocenters. The molecule has 0 radical (unpaired) electrons. The van der Waals surface area contributed by atoms with Crippen LogP contribution in [-0.4, -0.2) is 19.9 Å². The van der Waals surface area contributed by atoms with Gasteiger partial charge in [0.25, 0.3) is 10.0 Å². The van der Waals surface area contributed by atoms with E-state index in [1.807, 2.05) is 84.9 Å². The van der Waals surface area contributed by atoms with Crippen molar-refractivity contribution in [1.29, 1.82) is 0 Å². The maximum Gasteiger partial charge on any atom is 0.256 e. The van der Waals surface area contributed by atoms with Gasteiger partial charge in [-0.05, 0) is 23.3 Å². The maximum absolute atomic E-state index is 12.8. The van der Waals surface area contributed by atoms with Gasteiger partial charge in [-0.3, -0.25) is 0 Å². The lowest BCUT2D eigenvalue weighted by atomic mass is 9.92. The van der Waals surface area contributed by atoms with Gasteiger partial charge in [0, 0.05) is 23.4 Å². The average molecular weight is 376 g/mol. The molecule has 5 heteroatoms. The second kappa shape index (κ2) is 7.39. The fourth-order valence-corrected chi connectivity index (χ4v) is 4.33. The number of para-hydroxylation sites is 1.